The molecule has 130 valence electrons. The summed E-state index contributed by atoms with van der Waals surface area (Å²) < 4.78 is 13.1. The molecule has 0 bridgehead atoms. The Bertz CT molecular complexity index is 759. The molecule has 1 aromatic carbocycles. The second-order valence-corrected chi connectivity index (χ2v) is 6.27. The van der Waals surface area contributed by atoms with Gasteiger partial charge in [0, 0.05) is 19.2 Å². The number of hydrogen-bond acceptors (Lipinski definition) is 3. The molecule has 1 atom stereocenters. The van der Waals surface area contributed by atoms with Gasteiger partial charge in [-0.25, -0.2) is 9.37 Å². The Kier molecular flexibility index (Phi) is 5.07. The number of piperidine rings is 1. The summed E-state index contributed by atoms with van der Waals surface area (Å²) in [6.07, 6.45) is 3.38. The summed E-state index contributed by atoms with van der Waals surface area (Å²) in [5, 5.41) is 2.78. The van der Waals surface area contributed by atoms with Crippen molar-refractivity contribution >= 4 is 17.6 Å². The maximum absolute atomic E-state index is 13.1. The molecular weight excluding hydrogens is 321 g/mol. The van der Waals surface area contributed by atoms with Crippen molar-refractivity contribution in [1.82, 2.24) is 9.88 Å². The van der Waals surface area contributed by atoms with Gasteiger partial charge in [0.05, 0.1) is 0 Å². The molecule has 1 aliphatic rings. The summed E-state index contributed by atoms with van der Waals surface area (Å²) >= 11 is 0. The smallest absolute Gasteiger partial charge is 0.248 e. The third kappa shape index (κ3) is 4.21. The van der Waals surface area contributed by atoms with Gasteiger partial charge in [-0.15, -0.1) is 0 Å². The fourth-order valence-electron chi connectivity index (χ4n) is 2.93. The molecule has 25 heavy (non-hydrogen) atoms. The molecule has 6 heteroatoms. The zero-order chi connectivity index (χ0) is 17.8. The number of nitrogens with one attached hydrogen (secondary N) is 1. The van der Waals surface area contributed by atoms with Crippen molar-refractivity contribution in [1.29, 1.82) is 0 Å². The highest BCUT2D eigenvalue weighted by Gasteiger charge is 2.33. The number of aryl methyl sites for hydroxylation is 1. The molecule has 0 spiro atoms. The molecule has 1 saturated heterocycles. The van der Waals surface area contributed by atoms with Gasteiger partial charge in [-0.2, -0.15) is 0 Å². The van der Waals surface area contributed by atoms with Crippen LogP contribution >= 0.6 is 0 Å². The molecule has 1 N–H and O–H groups in total. The minimum absolute atomic E-state index is 0.0624. The van der Waals surface area contributed by atoms with Crippen LogP contribution in [0.5, 0.6) is 0 Å². The highest BCUT2D eigenvalue weighted by Crippen LogP contribution is 2.22. The Hall–Kier alpha value is -2.76. The van der Waals surface area contributed by atoms with Gasteiger partial charge in [0.15, 0.2) is 0 Å². The fourth-order valence-corrected chi connectivity index (χ4v) is 2.93. The molecular formula is C19H20FN3O2. The number of carbonyl (C=O) groups excluding carboxylic acids is 2. The van der Waals surface area contributed by atoms with Crippen LogP contribution in [-0.4, -0.2) is 27.7 Å². The minimum Gasteiger partial charge on any atom is -0.326 e. The van der Waals surface area contributed by atoms with Crippen LogP contribution in [0.3, 0.4) is 0 Å². The predicted molar refractivity (Wildman–Crippen MR) is 92.2 cm³/mol. The van der Waals surface area contributed by atoms with E-state index in [2.05, 4.69) is 10.3 Å². The maximum atomic E-state index is 13.1. The summed E-state index contributed by atoms with van der Waals surface area (Å²) in [6, 6.07) is 9.04. The van der Waals surface area contributed by atoms with Crippen molar-refractivity contribution in [2.45, 2.75) is 38.8 Å². The Labute approximate surface area is 145 Å². The van der Waals surface area contributed by atoms with Crippen molar-refractivity contribution in [3.05, 3.63) is 59.5 Å². The van der Waals surface area contributed by atoms with Crippen molar-refractivity contribution in [3.63, 3.8) is 0 Å². The van der Waals surface area contributed by atoms with E-state index in [1.165, 1.54) is 12.1 Å². The topological polar surface area (TPSA) is 62.3 Å². The van der Waals surface area contributed by atoms with Crippen LogP contribution in [0.2, 0.25) is 0 Å². The number of likely N-dealkylation sites (tertiary alicyclic amines) is 1. The van der Waals surface area contributed by atoms with Gasteiger partial charge in [0.2, 0.25) is 11.8 Å². The molecule has 1 fully saturated rings. The number of aromatic nitrogens is 1. The number of carbonyl (C=O) groups is 2. The number of anilines is 1. The zero-order valence-corrected chi connectivity index (χ0v) is 14.0. The van der Waals surface area contributed by atoms with Crippen LogP contribution in [-0.2, 0) is 16.1 Å². The maximum Gasteiger partial charge on any atom is 0.248 e. The van der Waals surface area contributed by atoms with E-state index in [1.54, 1.807) is 29.3 Å². The lowest BCUT2D eigenvalue weighted by molar-refractivity contribution is -0.142. The van der Waals surface area contributed by atoms with Crippen LogP contribution in [0, 0.1) is 12.7 Å². The molecule has 1 unspecified atom stereocenters. The monoisotopic (exact) mass is 341 g/mol. The molecule has 0 saturated carbocycles. The highest BCUT2D eigenvalue weighted by molar-refractivity contribution is 5.97. The van der Waals surface area contributed by atoms with E-state index in [-0.39, 0.29) is 17.6 Å². The Morgan fingerprint density at radius 1 is 1.28 bits per heavy atom. The number of amides is 2. The lowest BCUT2D eigenvalue weighted by Crippen LogP contribution is -2.49. The number of benzene rings is 1. The first kappa shape index (κ1) is 17.1. The quantitative estimate of drug-likeness (QED) is 0.930. The van der Waals surface area contributed by atoms with Crippen LogP contribution in [0.25, 0.3) is 0 Å². The molecule has 2 aromatic rings. The number of pyridine rings is 1. The van der Waals surface area contributed by atoms with Gasteiger partial charge in [-0.3, -0.25) is 9.59 Å². The van der Waals surface area contributed by atoms with Gasteiger partial charge < -0.3 is 10.2 Å². The van der Waals surface area contributed by atoms with Crippen LogP contribution in [0.15, 0.2) is 42.6 Å². The van der Waals surface area contributed by atoms with Gasteiger partial charge in [-0.1, -0.05) is 18.2 Å². The molecule has 0 aliphatic carbocycles. The molecule has 3 rings (SSSR count). The summed E-state index contributed by atoms with van der Waals surface area (Å²) in [5.41, 5.74) is 1.80. The molecule has 5 nitrogen and oxygen atoms in total. The summed E-state index contributed by atoms with van der Waals surface area (Å²) in [4.78, 5) is 30.7. The predicted octanol–water partition coefficient (Wildman–Crippen LogP) is 3.05. The average molecular weight is 341 g/mol. The molecule has 2 amide bonds. The number of rotatable bonds is 4. The first-order valence-corrected chi connectivity index (χ1v) is 8.30. The van der Waals surface area contributed by atoms with Gasteiger partial charge >= 0.3 is 0 Å². The molecule has 2 heterocycles. The summed E-state index contributed by atoms with van der Waals surface area (Å²) in [7, 11) is 0. The second kappa shape index (κ2) is 7.42. The zero-order valence-electron chi connectivity index (χ0n) is 14.0. The molecule has 1 aliphatic heterocycles. The fraction of sp³-hybridized carbons (Fsp3) is 0.316. The Morgan fingerprint density at radius 3 is 2.72 bits per heavy atom. The highest BCUT2D eigenvalue weighted by atomic mass is 19.1. The van der Waals surface area contributed by atoms with E-state index in [1.807, 2.05) is 13.0 Å². The third-order valence-electron chi connectivity index (χ3n) is 4.30. The first-order chi connectivity index (χ1) is 12.0. The SMILES string of the molecule is Cc1ccc(NC(=O)C2CCCC(=O)N2Cc2ccc(F)cc2)nc1. The van der Waals surface area contributed by atoms with E-state index < -0.39 is 6.04 Å². The summed E-state index contributed by atoms with van der Waals surface area (Å²) in [5.74, 6) is -0.164. The number of halogens is 1. The van der Waals surface area contributed by atoms with E-state index in [4.69, 9.17) is 0 Å². The van der Waals surface area contributed by atoms with E-state index in [0.29, 0.717) is 31.6 Å². The van der Waals surface area contributed by atoms with Crippen molar-refractivity contribution in [2.75, 3.05) is 5.32 Å². The van der Waals surface area contributed by atoms with E-state index in [0.717, 1.165) is 11.1 Å². The second-order valence-electron chi connectivity index (χ2n) is 6.27. The lowest BCUT2D eigenvalue weighted by atomic mass is 9.99. The van der Waals surface area contributed by atoms with E-state index in [9.17, 15) is 14.0 Å². The van der Waals surface area contributed by atoms with Crippen LogP contribution < -0.4 is 5.32 Å². The van der Waals surface area contributed by atoms with Crippen LogP contribution in [0.1, 0.15) is 30.4 Å². The van der Waals surface area contributed by atoms with Gasteiger partial charge in [-0.05, 0) is 49.1 Å². The third-order valence-corrected chi connectivity index (χ3v) is 4.30. The normalized spacial score (nSPS) is 17.4. The van der Waals surface area contributed by atoms with Crippen molar-refractivity contribution < 1.29 is 14.0 Å². The summed E-state index contributed by atoms with van der Waals surface area (Å²) in [6.45, 7) is 2.21. The van der Waals surface area contributed by atoms with Gasteiger partial charge in [0.1, 0.15) is 17.7 Å². The van der Waals surface area contributed by atoms with Gasteiger partial charge in [0.25, 0.3) is 0 Å². The van der Waals surface area contributed by atoms with E-state index >= 15 is 0 Å². The van der Waals surface area contributed by atoms with Crippen molar-refractivity contribution in [2.24, 2.45) is 0 Å². The van der Waals surface area contributed by atoms with Crippen LogP contribution in [0.4, 0.5) is 10.2 Å². The largest absolute Gasteiger partial charge is 0.326 e. The standard InChI is InChI=1S/C19H20FN3O2/c1-13-5-10-17(21-11-13)22-19(25)16-3-2-4-18(24)23(16)12-14-6-8-15(20)9-7-14/h5-11,16H,2-4,12H2,1H3,(H,21,22,25). The minimum atomic E-state index is -0.547. The lowest BCUT2D eigenvalue weighted by Gasteiger charge is -2.34. The average Bonchev–Trinajstić information content (AvgIpc) is 2.60. The Balaban J connectivity index is 1.74. The molecule has 0 radical (unpaired) electrons. The molecule has 1 aromatic heterocycles. The van der Waals surface area contributed by atoms with Crippen molar-refractivity contribution in [3.8, 4) is 0 Å². The first-order valence-electron chi connectivity index (χ1n) is 8.30. The number of hydrogen-bond donors (Lipinski definition) is 1. The Morgan fingerprint density at radius 2 is 2.04 bits per heavy atom. The number of nitrogens with zero attached hydrogens (tertiary/aromatic N) is 2.